The van der Waals surface area contributed by atoms with Crippen molar-refractivity contribution in [3.05, 3.63) is 34.3 Å². The molecule has 1 aromatic carbocycles. The van der Waals surface area contributed by atoms with Crippen LogP contribution in [-0.2, 0) is 4.74 Å². The lowest BCUT2D eigenvalue weighted by Crippen LogP contribution is -2.49. The Kier molecular flexibility index (Phi) is 3.97. The maximum absolute atomic E-state index is 12.4. The van der Waals surface area contributed by atoms with Crippen molar-refractivity contribution >= 4 is 22.0 Å². The molecule has 3 atom stereocenters. The molecule has 1 spiro atoms. The number of amides is 1. The Hall–Kier alpha value is -1.07. The summed E-state index contributed by atoms with van der Waals surface area (Å²) in [6.07, 6.45) is 2.31. The van der Waals surface area contributed by atoms with E-state index < -0.39 is 5.60 Å². The molecule has 1 aromatic rings. The number of hydrogen-bond acceptors (Lipinski definition) is 3. The molecule has 0 aromatic heterocycles. The number of carbonyl (C=O) groups is 1. The van der Waals surface area contributed by atoms with E-state index in [2.05, 4.69) is 15.9 Å². The molecule has 1 saturated heterocycles. The van der Waals surface area contributed by atoms with E-state index >= 15 is 0 Å². The summed E-state index contributed by atoms with van der Waals surface area (Å²) in [7, 11) is 0. The zero-order valence-electron chi connectivity index (χ0n) is 12.1. The van der Waals surface area contributed by atoms with Crippen LogP contribution in [0.3, 0.4) is 0 Å². The van der Waals surface area contributed by atoms with Gasteiger partial charge in [0.1, 0.15) is 5.60 Å². The minimum absolute atomic E-state index is 0.00530. The average molecular weight is 354 g/mol. The first-order valence-corrected chi connectivity index (χ1v) is 8.22. The van der Waals surface area contributed by atoms with E-state index in [0.29, 0.717) is 13.0 Å². The van der Waals surface area contributed by atoms with Crippen molar-refractivity contribution in [1.82, 2.24) is 4.90 Å². The third-order valence-corrected chi connectivity index (χ3v) is 5.24. The van der Waals surface area contributed by atoms with Crippen LogP contribution in [-0.4, -0.2) is 34.3 Å². The molecule has 0 unspecified atom stereocenters. The van der Waals surface area contributed by atoms with Crippen LogP contribution in [0.2, 0.25) is 0 Å². The van der Waals surface area contributed by atoms with Crippen molar-refractivity contribution in [2.75, 3.05) is 6.54 Å². The second kappa shape index (κ2) is 5.61. The Balaban J connectivity index is 1.70. The van der Waals surface area contributed by atoms with Gasteiger partial charge in [-0.05, 0) is 37.5 Å². The van der Waals surface area contributed by atoms with Crippen LogP contribution in [0, 0.1) is 0 Å². The van der Waals surface area contributed by atoms with Gasteiger partial charge in [-0.1, -0.05) is 28.1 Å². The van der Waals surface area contributed by atoms with Gasteiger partial charge in [0, 0.05) is 23.9 Å². The molecule has 0 radical (unpaired) electrons. The highest BCUT2D eigenvalue weighted by Crippen LogP contribution is 2.41. The van der Waals surface area contributed by atoms with Gasteiger partial charge in [0.25, 0.3) is 0 Å². The van der Waals surface area contributed by atoms with Crippen LogP contribution in [0.1, 0.15) is 44.2 Å². The fourth-order valence-electron chi connectivity index (χ4n) is 3.37. The summed E-state index contributed by atoms with van der Waals surface area (Å²) in [6.45, 7) is 2.70. The molecule has 1 aliphatic carbocycles. The van der Waals surface area contributed by atoms with Crippen molar-refractivity contribution in [2.45, 2.75) is 50.4 Å². The minimum atomic E-state index is -0.424. The van der Waals surface area contributed by atoms with Crippen LogP contribution >= 0.6 is 15.9 Å². The highest BCUT2D eigenvalue weighted by molar-refractivity contribution is 9.10. The predicted molar refractivity (Wildman–Crippen MR) is 82.9 cm³/mol. The summed E-state index contributed by atoms with van der Waals surface area (Å²) in [4.78, 5) is 14.1. The van der Waals surface area contributed by atoms with Crippen LogP contribution in [0.25, 0.3) is 0 Å². The third kappa shape index (κ3) is 2.94. The normalized spacial score (nSPS) is 30.5. The zero-order chi connectivity index (χ0) is 15.0. The number of carbonyl (C=O) groups excluding carboxylic acids is 1. The number of aliphatic hydroxyl groups is 1. The Morgan fingerprint density at radius 2 is 2.10 bits per heavy atom. The molecule has 1 heterocycles. The average Bonchev–Trinajstić information content (AvgIpc) is 2.80. The molecular formula is C16H20BrNO3. The molecular weight excluding hydrogens is 334 g/mol. The molecule has 5 heteroatoms. The number of rotatable bonds is 2. The van der Waals surface area contributed by atoms with E-state index in [1.807, 2.05) is 31.2 Å². The molecule has 1 N–H and O–H groups in total. The van der Waals surface area contributed by atoms with Crippen molar-refractivity contribution in [1.29, 1.82) is 0 Å². The standard InChI is InChI=1S/C16H20BrNO3/c1-11(12-2-4-13(17)5-3-12)18-9-8-16(21-15(18)20)7-6-14(19)10-16/h2-5,11,14,19H,6-10H2,1H3/t11-,14-,16-/m0/s1. The molecule has 1 saturated carbocycles. The number of nitrogens with zero attached hydrogens (tertiary/aromatic N) is 1. The van der Waals surface area contributed by atoms with Gasteiger partial charge < -0.3 is 14.7 Å². The van der Waals surface area contributed by atoms with Gasteiger partial charge in [0.15, 0.2) is 0 Å². The van der Waals surface area contributed by atoms with Gasteiger partial charge in [-0.2, -0.15) is 0 Å². The third-order valence-electron chi connectivity index (χ3n) is 4.71. The number of hydrogen-bond donors (Lipinski definition) is 1. The summed E-state index contributed by atoms with van der Waals surface area (Å²) in [5, 5.41) is 9.70. The second-order valence-electron chi connectivity index (χ2n) is 6.12. The number of halogens is 1. The summed E-state index contributed by atoms with van der Waals surface area (Å²) >= 11 is 3.42. The predicted octanol–water partition coefficient (Wildman–Crippen LogP) is 3.64. The largest absolute Gasteiger partial charge is 0.443 e. The summed E-state index contributed by atoms with van der Waals surface area (Å²) in [5.74, 6) is 0. The molecule has 4 nitrogen and oxygen atoms in total. The van der Waals surface area contributed by atoms with Gasteiger partial charge in [0.2, 0.25) is 0 Å². The lowest BCUT2D eigenvalue weighted by atomic mass is 9.95. The number of ether oxygens (including phenoxy) is 1. The maximum atomic E-state index is 12.4. The van der Waals surface area contributed by atoms with Crippen molar-refractivity contribution in [3.63, 3.8) is 0 Å². The van der Waals surface area contributed by atoms with Gasteiger partial charge in [-0.3, -0.25) is 0 Å². The molecule has 2 aliphatic rings. The summed E-state index contributed by atoms with van der Waals surface area (Å²) < 4.78 is 6.73. The second-order valence-corrected chi connectivity index (χ2v) is 7.03. The quantitative estimate of drug-likeness (QED) is 0.882. The first-order valence-electron chi connectivity index (χ1n) is 7.42. The monoisotopic (exact) mass is 353 g/mol. The molecule has 2 fully saturated rings. The highest BCUT2D eigenvalue weighted by atomic mass is 79.9. The Labute approximate surface area is 133 Å². The fourth-order valence-corrected chi connectivity index (χ4v) is 3.63. The molecule has 1 aliphatic heterocycles. The van der Waals surface area contributed by atoms with Gasteiger partial charge in [0.05, 0.1) is 12.1 Å². The molecule has 3 rings (SSSR count). The number of benzene rings is 1. The van der Waals surface area contributed by atoms with Crippen LogP contribution in [0.4, 0.5) is 4.79 Å². The topological polar surface area (TPSA) is 49.8 Å². The van der Waals surface area contributed by atoms with E-state index in [4.69, 9.17) is 4.74 Å². The lowest BCUT2D eigenvalue weighted by Gasteiger charge is -2.41. The smallest absolute Gasteiger partial charge is 0.410 e. The molecule has 114 valence electrons. The van der Waals surface area contributed by atoms with Crippen molar-refractivity contribution in [3.8, 4) is 0 Å². The lowest BCUT2D eigenvalue weighted by molar-refractivity contribution is -0.0572. The SMILES string of the molecule is C[C@@H](c1ccc(Br)cc1)N1CC[C@]2(CC[C@H](O)C2)OC1=O. The summed E-state index contributed by atoms with van der Waals surface area (Å²) in [5.41, 5.74) is 0.671. The summed E-state index contributed by atoms with van der Waals surface area (Å²) in [6, 6.07) is 8.00. The zero-order valence-corrected chi connectivity index (χ0v) is 13.7. The van der Waals surface area contributed by atoms with E-state index in [0.717, 1.165) is 29.3 Å². The first kappa shape index (κ1) is 14.9. The van der Waals surface area contributed by atoms with E-state index in [9.17, 15) is 9.90 Å². The Morgan fingerprint density at radius 3 is 2.67 bits per heavy atom. The maximum Gasteiger partial charge on any atom is 0.410 e. The van der Waals surface area contributed by atoms with E-state index in [1.54, 1.807) is 4.90 Å². The van der Waals surface area contributed by atoms with Crippen LogP contribution in [0.5, 0.6) is 0 Å². The van der Waals surface area contributed by atoms with Crippen molar-refractivity contribution < 1.29 is 14.6 Å². The van der Waals surface area contributed by atoms with Gasteiger partial charge in [-0.25, -0.2) is 4.79 Å². The molecule has 0 bridgehead atoms. The Morgan fingerprint density at radius 1 is 1.38 bits per heavy atom. The molecule has 21 heavy (non-hydrogen) atoms. The fraction of sp³-hybridized carbons (Fsp3) is 0.562. The Bertz CT molecular complexity index is 533. The van der Waals surface area contributed by atoms with E-state index in [1.165, 1.54) is 0 Å². The van der Waals surface area contributed by atoms with Crippen LogP contribution < -0.4 is 0 Å². The molecule has 1 amide bonds. The minimum Gasteiger partial charge on any atom is -0.443 e. The van der Waals surface area contributed by atoms with Gasteiger partial charge in [-0.15, -0.1) is 0 Å². The van der Waals surface area contributed by atoms with Crippen molar-refractivity contribution in [2.24, 2.45) is 0 Å². The van der Waals surface area contributed by atoms with Crippen LogP contribution in [0.15, 0.2) is 28.7 Å². The van der Waals surface area contributed by atoms with E-state index in [-0.39, 0.29) is 18.2 Å². The number of aliphatic hydroxyl groups excluding tert-OH is 1. The van der Waals surface area contributed by atoms with Gasteiger partial charge >= 0.3 is 6.09 Å². The first-order chi connectivity index (χ1) is 9.99. The highest BCUT2D eigenvalue weighted by Gasteiger charge is 2.46.